The number of benzene rings is 2. The molecule has 5 rings (SSSR count). The first-order chi connectivity index (χ1) is 19.6. The van der Waals surface area contributed by atoms with Gasteiger partial charge >= 0.3 is 0 Å². The van der Waals surface area contributed by atoms with Crippen molar-refractivity contribution in [1.29, 1.82) is 0 Å². The molecule has 0 radical (unpaired) electrons. The highest BCUT2D eigenvalue weighted by atomic mass is 32.2. The molecule has 0 saturated carbocycles. The van der Waals surface area contributed by atoms with E-state index >= 15 is 0 Å². The van der Waals surface area contributed by atoms with Crippen molar-refractivity contribution in [3.63, 3.8) is 0 Å². The molecule has 1 unspecified atom stereocenters. The normalized spacial score (nSPS) is 17.3. The molecule has 3 N–H and O–H groups in total. The second-order valence-corrected chi connectivity index (χ2v) is 13.4. The van der Waals surface area contributed by atoms with Crippen LogP contribution in [0.2, 0.25) is 0 Å². The van der Waals surface area contributed by atoms with Crippen molar-refractivity contribution >= 4 is 39.0 Å². The van der Waals surface area contributed by atoms with Gasteiger partial charge in [-0.1, -0.05) is 12.1 Å². The van der Waals surface area contributed by atoms with Gasteiger partial charge in [-0.2, -0.15) is 4.98 Å². The number of fused-ring (bicyclic) bond motifs is 1. The fourth-order valence-corrected chi connectivity index (χ4v) is 6.86. The van der Waals surface area contributed by atoms with Crippen LogP contribution in [0.15, 0.2) is 41.6 Å². The van der Waals surface area contributed by atoms with Gasteiger partial charge in [-0.15, -0.1) is 0 Å². The minimum atomic E-state index is -3.52. The van der Waals surface area contributed by atoms with Crippen LogP contribution in [0.25, 0.3) is 0 Å². The average molecular weight is 581 g/mol. The van der Waals surface area contributed by atoms with Crippen LogP contribution in [-0.2, 0) is 21.1 Å². The van der Waals surface area contributed by atoms with E-state index in [9.17, 15) is 18.3 Å². The second kappa shape index (κ2) is 11.6. The summed E-state index contributed by atoms with van der Waals surface area (Å²) in [6.45, 7) is 8.21. The Kier molecular flexibility index (Phi) is 8.14. The third-order valence-corrected chi connectivity index (χ3v) is 9.92. The van der Waals surface area contributed by atoms with Gasteiger partial charge in [-0.05, 0) is 75.8 Å². The van der Waals surface area contributed by atoms with Gasteiger partial charge in [0.25, 0.3) is 0 Å². The molecule has 12 heteroatoms. The van der Waals surface area contributed by atoms with Gasteiger partial charge in [0.1, 0.15) is 24.8 Å². The number of aromatic nitrogens is 3. The predicted octanol–water partition coefficient (Wildman–Crippen LogP) is 3.87. The van der Waals surface area contributed by atoms with Crippen molar-refractivity contribution in [2.45, 2.75) is 69.1 Å². The van der Waals surface area contributed by atoms with Crippen LogP contribution >= 0.6 is 0 Å². The third kappa shape index (κ3) is 5.84. The number of amides is 1. The van der Waals surface area contributed by atoms with Gasteiger partial charge in [0.15, 0.2) is 9.84 Å². The van der Waals surface area contributed by atoms with E-state index in [4.69, 9.17) is 4.74 Å². The van der Waals surface area contributed by atoms with Crippen LogP contribution in [0.4, 0.5) is 23.3 Å². The Morgan fingerprint density at radius 3 is 2.44 bits per heavy atom. The maximum Gasteiger partial charge on any atom is 0.248 e. The smallest absolute Gasteiger partial charge is 0.248 e. The van der Waals surface area contributed by atoms with Crippen LogP contribution in [0, 0.1) is 6.92 Å². The number of rotatable bonds is 8. The molecular weight excluding hydrogens is 544 g/mol. The molecule has 2 aliphatic heterocycles. The number of likely N-dealkylation sites (tertiary alicyclic amines) is 1. The summed E-state index contributed by atoms with van der Waals surface area (Å²) in [4.78, 5) is 26.8. The Labute approximate surface area is 240 Å². The van der Waals surface area contributed by atoms with Crippen molar-refractivity contribution in [3.8, 4) is 5.75 Å². The molecule has 2 aromatic carbocycles. The van der Waals surface area contributed by atoms with Gasteiger partial charge in [-0.3, -0.25) is 4.79 Å². The topological polar surface area (TPSA) is 147 Å². The molecule has 1 atom stereocenters. The highest BCUT2D eigenvalue weighted by Gasteiger charge is 2.32. The average Bonchev–Trinajstić information content (AvgIpc) is 3.34. The number of carbonyl (C=O) groups excluding carboxylic acids is 1. The lowest BCUT2D eigenvalue weighted by atomic mass is 9.82. The fraction of sp³-hybridized carbons (Fsp3) is 0.448. The standard InChI is InChI=1S/C29H36N6O5S/c1-17(2)41(38,39)24-8-6-5-7-22(24)32-28-30-16-31-29(34-28)33-23-13-18(3)26(21-14-19(4)40-27(21)23)20-9-11-35(12-10-20)25(37)15-36/h5-8,13,16-17,19-20,36H,9-12,14-15H2,1-4H3,(H2,30,31,32,33,34). The van der Waals surface area contributed by atoms with Gasteiger partial charge in [0, 0.05) is 25.1 Å². The Morgan fingerprint density at radius 1 is 1.12 bits per heavy atom. The second-order valence-electron chi connectivity index (χ2n) is 10.9. The van der Waals surface area contributed by atoms with Crippen LogP contribution in [0.5, 0.6) is 5.75 Å². The molecule has 3 heterocycles. The monoisotopic (exact) mass is 580 g/mol. The van der Waals surface area contributed by atoms with Gasteiger partial charge in [-0.25, -0.2) is 18.4 Å². The number of nitrogens with zero attached hydrogens (tertiary/aromatic N) is 4. The van der Waals surface area contributed by atoms with Crippen molar-refractivity contribution in [2.24, 2.45) is 0 Å². The summed E-state index contributed by atoms with van der Waals surface area (Å²) in [6, 6.07) is 8.73. The summed E-state index contributed by atoms with van der Waals surface area (Å²) < 4.78 is 32.0. The summed E-state index contributed by atoms with van der Waals surface area (Å²) in [7, 11) is -3.52. The molecule has 3 aromatic rings. The lowest BCUT2D eigenvalue weighted by molar-refractivity contribution is -0.135. The number of hydrogen-bond donors (Lipinski definition) is 3. The Hall–Kier alpha value is -3.77. The number of hydrogen-bond acceptors (Lipinski definition) is 10. The third-order valence-electron chi connectivity index (χ3n) is 7.71. The Bertz CT molecular complexity index is 1550. The zero-order chi connectivity index (χ0) is 29.3. The maximum absolute atomic E-state index is 12.9. The summed E-state index contributed by atoms with van der Waals surface area (Å²) in [5.74, 6) is 1.34. The van der Waals surface area contributed by atoms with E-state index in [-0.39, 0.29) is 22.9 Å². The SMILES string of the molecule is Cc1cc(Nc2ncnc(Nc3ccccc3S(=O)(=O)C(C)C)n2)c2c(c1C1CCN(C(=O)CO)CC1)CC(C)O2. The first-order valence-corrected chi connectivity index (χ1v) is 15.4. The van der Waals surface area contributed by atoms with Crippen molar-refractivity contribution in [3.05, 3.63) is 53.3 Å². The van der Waals surface area contributed by atoms with Gasteiger partial charge in [0.2, 0.25) is 17.8 Å². The predicted molar refractivity (Wildman–Crippen MR) is 156 cm³/mol. The summed E-state index contributed by atoms with van der Waals surface area (Å²) in [6.07, 6.45) is 3.82. The Balaban J connectivity index is 1.40. The quantitative estimate of drug-likeness (QED) is 0.359. The van der Waals surface area contributed by atoms with Crippen LogP contribution in [-0.4, -0.2) is 70.3 Å². The number of anilines is 4. The zero-order valence-electron chi connectivity index (χ0n) is 23.7. The number of nitrogens with one attached hydrogen (secondary N) is 2. The van der Waals surface area contributed by atoms with E-state index in [1.807, 2.05) is 13.0 Å². The van der Waals surface area contributed by atoms with Crippen LogP contribution in [0.1, 0.15) is 56.2 Å². The largest absolute Gasteiger partial charge is 0.488 e. The summed E-state index contributed by atoms with van der Waals surface area (Å²) in [5.41, 5.74) is 4.69. The van der Waals surface area contributed by atoms with E-state index in [0.717, 1.165) is 41.8 Å². The first kappa shape index (κ1) is 28.7. The van der Waals surface area contributed by atoms with Crippen molar-refractivity contribution in [1.82, 2.24) is 19.9 Å². The van der Waals surface area contributed by atoms with Crippen molar-refractivity contribution in [2.75, 3.05) is 30.3 Å². The van der Waals surface area contributed by atoms with E-state index in [2.05, 4.69) is 32.5 Å². The highest BCUT2D eigenvalue weighted by molar-refractivity contribution is 7.92. The molecule has 11 nitrogen and oxygen atoms in total. The number of carbonyl (C=O) groups is 1. The molecule has 1 amide bonds. The number of aryl methyl sites for hydroxylation is 1. The molecule has 2 aliphatic rings. The molecule has 1 fully saturated rings. The maximum atomic E-state index is 12.9. The van der Waals surface area contributed by atoms with Crippen molar-refractivity contribution < 1.29 is 23.1 Å². The number of para-hydroxylation sites is 1. The number of ether oxygens (including phenoxy) is 1. The number of aliphatic hydroxyl groups excluding tert-OH is 1. The first-order valence-electron chi connectivity index (χ1n) is 13.9. The van der Waals surface area contributed by atoms with E-state index < -0.39 is 21.7 Å². The van der Waals surface area contributed by atoms with Crippen LogP contribution < -0.4 is 15.4 Å². The van der Waals surface area contributed by atoms with Gasteiger partial charge < -0.3 is 25.4 Å². The molecule has 218 valence electrons. The van der Waals surface area contributed by atoms with E-state index in [0.29, 0.717) is 30.6 Å². The minimum Gasteiger partial charge on any atom is -0.488 e. The summed E-state index contributed by atoms with van der Waals surface area (Å²) >= 11 is 0. The number of sulfone groups is 1. The lowest BCUT2D eigenvalue weighted by Gasteiger charge is -2.33. The lowest BCUT2D eigenvalue weighted by Crippen LogP contribution is -2.39. The fourth-order valence-electron chi connectivity index (χ4n) is 5.66. The van der Waals surface area contributed by atoms with E-state index in [1.165, 1.54) is 11.9 Å². The highest BCUT2D eigenvalue weighted by Crippen LogP contribution is 2.45. The molecule has 1 aromatic heterocycles. The molecule has 0 bridgehead atoms. The molecule has 0 spiro atoms. The molecule has 1 saturated heterocycles. The van der Waals surface area contributed by atoms with E-state index in [1.54, 1.807) is 43.0 Å². The Morgan fingerprint density at radius 2 is 1.78 bits per heavy atom. The molecular formula is C29H36N6O5S. The molecule has 41 heavy (non-hydrogen) atoms. The molecule has 0 aliphatic carbocycles. The van der Waals surface area contributed by atoms with Crippen LogP contribution in [0.3, 0.4) is 0 Å². The minimum absolute atomic E-state index is 0.0112. The summed E-state index contributed by atoms with van der Waals surface area (Å²) in [5, 5.41) is 15.0. The number of piperidine rings is 1. The zero-order valence-corrected chi connectivity index (χ0v) is 24.5. The number of aliphatic hydroxyl groups is 1. The van der Waals surface area contributed by atoms with Gasteiger partial charge in [0.05, 0.1) is 21.5 Å².